The van der Waals surface area contributed by atoms with Crippen molar-refractivity contribution < 1.29 is 29.0 Å². The smallest absolute Gasteiger partial charge is 0.327 e. The number of rotatable bonds is 6. The van der Waals surface area contributed by atoms with E-state index in [0.29, 0.717) is 0 Å². The monoisotopic (exact) mass is 282 g/mol. The molecule has 0 bridgehead atoms. The number of carbonyl (C=O) groups excluding carboxylic acids is 2. The first kappa shape index (κ1) is 18.2. The van der Waals surface area contributed by atoms with Crippen LogP contribution in [0.25, 0.3) is 0 Å². The van der Waals surface area contributed by atoms with Crippen molar-refractivity contribution in [3.8, 4) is 0 Å². The molecule has 0 rings (SSSR count). The van der Waals surface area contributed by atoms with Gasteiger partial charge in [0, 0.05) is 6.08 Å². The molecule has 0 atom stereocenters. The highest BCUT2D eigenvalue weighted by Crippen LogP contribution is 1.85. The summed E-state index contributed by atoms with van der Waals surface area (Å²) in [6, 6.07) is 0. The van der Waals surface area contributed by atoms with Crippen molar-refractivity contribution in [2.24, 2.45) is 0 Å². The van der Waals surface area contributed by atoms with Gasteiger partial charge in [-0.3, -0.25) is 9.59 Å². The molecule has 0 saturated carbocycles. The molecule has 0 amide bonds. The number of carboxylic acids is 1. The SMILES string of the molecule is C=CC(=O)O.O=C(CS)OCCOC(=O)CS. The van der Waals surface area contributed by atoms with Crippen molar-refractivity contribution in [1.29, 1.82) is 0 Å². The van der Waals surface area contributed by atoms with Crippen LogP contribution in [0.5, 0.6) is 0 Å². The molecule has 0 aromatic heterocycles. The Morgan fingerprint density at radius 2 is 1.35 bits per heavy atom. The Bertz CT molecular complexity index is 248. The Labute approximate surface area is 110 Å². The second-order valence-electron chi connectivity index (χ2n) is 2.30. The molecule has 0 spiro atoms. The van der Waals surface area contributed by atoms with Crippen LogP contribution < -0.4 is 0 Å². The second kappa shape index (κ2) is 12.9. The van der Waals surface area contributed by atoms with Crippen molar-refractivity contribution in [3.05, 3.63) is 12.7 Å². The topological polar surface area (TPSA) is 89.9 Å². The molecule has 0 unspecified atom stereocenters. The van der Waals surface area contributed by atoms with Crippen LogP contribution in [0.1, 0.15) is 0 Å². The minimum atomic E-state index is -0.981. The summed E-state index contributed by atoms with van der Waals surface area (Å²) in [6.45, 7) is 3.10. The largest absolute Gasteiger partial charge is 0.478 e. The minimum Gasteiger partial charge on any atom is -0.478 e. The Kier molecular flexibility index (Phi) is 13.8. The highest BCUT2D eigenvalue weighted by Gasteiger charge is 2.00. The Morgan fingerprint density at radius 3 is 1.53 bits per heavy atom. The van der Waals surface area contributed by atoms with Gasteiger partial charge in [0.25, 0.3) is 0 Å². The maximum Gasteiger partial charge on any atom is 0.327 e. The molecule has 0 aromatic rings. The van der Waals surface area contributed by atoms with E-state index in [9.17, 15) is 14.4 Å². The van der Waals surface area contributed by atoms with Crippen LogP contribution in [0.3, 0.4) is 0 Å². The maximum atomic E-state index is 10.5. The van der Waals surface area contributed by atoms with Crippen molar-refractivity contribution >= 4 is 43.2 Å². The van der Waals surface area contributed by atoms with Crippen LogP contribution >= 0.6 is 25.3 Å². The predicted molar refractivity (Wildman–Crippen MR) is 67.5 cm³/mol. The number of carboxylic acid groups (broad SMARTS) is 1. The molecule has 17 heavy (non-hydrogen) atoms. The van der Waals surface area contributed by atoms with E-state index in [1.54, 1.807) is 0 Å². The first-order valence-electron chi connectivity index (χ1n) is 4.36. The quantitative estimate of drug-likeness (QED) is 0.279. The summed E-state index contributed by atoms with van der Waals surface area (Å²) in [7, 11) is 0. The number of esters is 2. The van der Waals surface area contributed by atoms with E-state index in [1.807, 2.05) is 0 Å². The Morgan fingerprint density at radius 1 is 1.06 bits per heavy atom. The van der Waals surface area contributed by atoms with E-state index < -0.39 is 17.9 Å². The molecule has 6 nitrogen and oxygen atoms in total. The molecular weight excluding hydrogens is 268 g/mol. The van der Waals surface area contributed by atoms with Crippen LogP contribution in [-0.4, -0.2) is 47.7 Å². The van der Waals surface area contributed by atoms with Gasteiger partial charge in [-0.2, -0.15) is 25.3 Å². The second-order valence-corrected chi connectivity index (χ2v) is 2.93. The van der Waals surface area contributed by atoms with Gasteiger partial charge in [-0.05, 0) is 0 Å². The van der Waals surface area contributed by atoms with E-state index in [1.165, 1.54) is 0 Å². The van der Waals surface area contributed by atoms with Gasteiger partial charge < -0.3 is 14.6 Å². The summed E-state index contributed by atoms with van der Waals surface area (Å²) in [4.78, 5) is 30.2. The van der Waals surface area contributed by atoms with Crippen molar-refractivity contribution in [2.75, 3.05) is 24.7 Å². The van der Waals surface area contributed by atoms with E-state index in [4.69, 9.17) is 5.11 Å². The van der Waals surface area contributed by atoms with Gasteiger partial charge in [0.15, 0.2) is 0 Å². The molecule has 8 heteroatoms. The molecule has 0 heterocycles. The molecule has 0 aliphatic carbocycles. The van der Waals surface area contributed by atoms with Gasteiger partial charge in [0.2, 0.25) is 0 Å². The van der Waals surface area contributed by atoms with Crippen molar-refractivity contribution in [2.45, 2.75) is 0 Å². The fourth-order valence-corrected chi connectivity index (χ4v) is 0.585. The average molecular weight is 282 g/mol. The van der Waals surface area contributed by atoms with Crippen LogP contribution in [0.2, 0.25) is 0 Å². The number of aliphatic carboxylic acids is 1. The number of hydrogen-bond acceptors (Lipinski definition) is 7. The lowest BCUT2D eigenvalue weighted by Crippen LogP contribution is -2.14. The highest BCUT2D eigenvalue weighted by molar-refractivity contribution is 7.81. The zero-order valence-electron chi connectivity index (χ0n) is 9.00. The van der Waals surface area contributed by atoms with E-state index in [0.717, 1.165) is 6.08 Å². The van der Waals surface area contributed by atoms with Gasteiger partial charge in [-0.1, -0.05) is 6.58 Å². The Hall–Kier alpha value is -1.15. The zero-order valence-corrected chi connectivity index (χ0v) is 10.8. The van der Waals surface area contributed by atoms with Crippen LogP contribution in [-0.2, 0) is 23.9 Å². The third kappa shape index (κ3) is 17.5. The van der Waals surface area contributed by atoms with E-state index in [-0.39, 0.29) is 24.7 Å². The normalized spacial score (nSPS) is 8.35. The lowest BCUT2D eigenvalue weighted by molar-refractivity contribution is -0.148. The van der Waals surface area contributed by atoms with Gasteiger partial charge in [-0.15, -0.1) is 0 Å². The molecule has 0 aromatic carbocycles. The summed E-state index contributed by atoms with van der Waals surface area (Å²) in [5.74, 6) is -1.79. The predicted octanol–water partition coefficient (Wildman–Crippen LogP) is 0.189. The number of carbonyl (C=O) groups is 3. The average Bonchev–Trinajstić information content (AvgIpc) is 2.34. The third-order valence-corrected chi connectivity index (χ3v) is 1.56. The molecule has 0 aliphatic rings. The summed E-state index contributed by atoms with van der Waals surface area (Å²) < 4.78 is 9.14. The fraction of sp³-hybridized carbons (Fsp3) is 0.444. The minimum absolute atomic E-state index is 0.0283. The van der Waals surface area contributed by atoms with E-state index >= 15 is 0 Å². The molecule has 0 saturated heterocycles. The van der Waals surface area contributed by atoms with Crippen molar-refractivity contribution in [3.63, 3.8) is 0 Å². The van der Waals surface area contributed by atoms with Crippen LogP contribution in [0.4, 0.5) is 0 Å². The molecule has 98 valence electrons. The molecular formula is C9H14O6S2. The van der Waals surface area contributed by atoms with Gasteiger partial charge >= 0.3 is 17.9 Å². The first-order chi connectivity index (χ1) is 7.97. The summed E-state index contributed by atoms with van der Waals surface area (Å²) >= 11 is 7.36. The zero-order chi connectivity index (χ0) is 13.7. The molecule has 0 aliphatic heterocycles. The van der Waals surface area contributed by atoms with Gasteiger partial charge in [0.05, 0.1) is 11.5 Å². The van der Waals surface area contributed by atoms with Gasteiger partial charge in [0.1, 0.15) is 13.2 Å². The third-order valence-electron chi connectivity index (χ3n) is 1.04. The molecule has 1 N–H and O–H groups in total. The summed E-state index contributed by atoms with van der Waals surface area (Å²) in [6.07, 6.45) is 0.833. The lowest BCUT2D eigenvalue weighted by Gasteiger charge is -2.03. The van der Waals surface area contributed by atoms with Crippen LogP contribution in [0, 0.1) is 0 Å². The first-order valence-corrected chi connectivity index (χ1v) is 5.62. The van der Waals surface area contributed by atoms with Crippen molar-refractivity contribution in [1.82, 2.24) is 0 Å². The molecule has 0 fully saturated rings. The summed E-state index contributed by atoms with van der Waals surface area (Å²) in [5.41, 5.74) is 0. The lowest BCUT2D eigenvalue weighted by atomic mass is 10.7. The summed E-state index contributed by atoms with van der Waals surface area (Å²) in [5, 5.41) is 7.60. The standard InChI is InChI=1S/C6H10O4S2.C3H4O2/c7-5(3-11)9-1-2-10-6(8)4-12;1-2-3(4)5/h11-12H,1-4H2;2H,1H2,(H,4,5). The van der Waals surface area contributed by atoms with E-state index in [2.05, 4.69) is 41.3 Å². The number of thiol groups is 2. The fourth-order valence-electron chi connectivity index (χ4n) is 0.402. The van der Waals surface area contributed by atoms with Gasteiger partial charge in [-0.25, -0.2) is 4.79 Å². The number of ether oxygens (including phenoxy) is 2. The Balaban J connectivity index is 0. The molecule has 0 radical (unpaired) electrons. The van der Waals surface area contributed by atoms with Crippen LogP contribution in [0.15, 0.2) is 12.7 Å². The number of hydrogen-bond donors (Lipinski definition) is 3. The highest BCUT2D eigenvalue weighted by atomic mass is 32.1. The maximum absolute atomic E-state index is 10.5.